The summed E-state index contributed by atoms with van der Waals surface area (Å²) in [4.78, 5) is 20.9. The molecule has 0 aliphatic carbocycles. The summed E-state index contributed by atoms with van der Waals surface area (Å²) < 4.78 is 3.21. The van der Waals surface area contributed by atoms with Crippen LogP contribution in [0.25, 0.3) is 0 Å². The molecule has 0 saturated carbocycles. The van der Waals surface area contributed by atoms with Crippen molar-refractivity contribution in [2.75, 3.05) is 0 Å². The number of nitrogens with two attached hydrogens (primary N) is 1. The number of benzene rings is 2. The third-order valence-corrected chi connectivity index (χ3v) is 5.31. The first-order chi connectivity index (χ1) is 12.0. The van der Waals surface area contributed by atoms with Gasteiger partial charge in [0.15, 0.2) is 0 Å². The molecule has 10 heteroatoms. The molecule has 2 aromatic carbocycles. The maximum atomic E-state index is 10.2. The Morgan fingerprint density at radius 3 is 2.72 bits per heavy atom. The highest BCUT2D eigenvalue weighted by atomic mass is 35.5. The fourth-order valence-corrected chi connectivity index (χ4v) is 3.67. The fraction of sp³-hybridized carbons (Fsp3) is 0.133. The Labute approximate surface area is 157 Å². The van der Waals surface area contributed by atoms with Gasteiger partial charge in [-0.05, 0) is 47.2 Å². The van der Waals surface area contributed by atoms with Gasteiger partial charge in [0.1, 0.15) is 12.4 Å². The van der Waals surface area contributed by atoms with Gasteiger partial charge in [-0.25, -0.2) is 4.99 Å². The van der Waals surface area contributed by atoms with Gasteiger partial charge in [0, 0.05) is 11.3 Å². The number of aliphatic imine (C=N–C) groups is 1. The summed E-state index contributed by atoms with van der Waals surface area (Å²) in [5.41, 5.74) is 2.57. The molecule has 3 N–H and O–H groups in total. The van der Waals surface area contributed by atoms with E-state index in [0.717, 1.165) is 44.4 Å². The molecule has 0 spiro atoms. The fourth-order valence-electron chi connectivity index (χ4n) is 2.22. The first-order valence-electron chi connectivity index (χ1n) is 7.11. The summed E-state index contributed by atoms with van der Waals surface area (Å²) in [5.74, 6) is 0.802. The predicted octanol–water partition coefficient (Wildman–Crippen LogP) is 3.90. The van der Waals surface area contributed by atoms with Crippen molar-refractivity contribution in [1.82, 2.24) is 4.72 Å². The smallest absolute Gasteiger partial charge is 0.294 e. The van der Waals surface area contributed by atoms with Crippen molar-refractivity contribution in [2.24, 2.45) is 10.1 Å². The number of halogens is 1. The summed E-state index contributed by atoms with van der Waals surface area (Å²) in [5, 5.41) is 15.6. The topological polar surface area (TPSA) is 103 Å². The molecule has 1 aliphatic heterocycles. The van der Waals surface area contributed by atoms with Gasteiger partial charge in [-0.3, -0.25) is 5.14 Å². The molecule has 25 heavy (non-hydrogen) atoms. The van der Waals surface area contributed by atoms with Crippen molar-refractivity contribution < 1.29 is 9.92 Å². The van der Waals surface area contributed by atoms with E-state index < -0.39 is 5.09 Å². The summed E-state index contributed by atoms with van der Waals surface area (Å²) in [6, 6.07) is 11.1. The molecule has 0 radical (unpaired) electrons. The standard InChI is InChI=1S/C15H13ClN4O3S2/c16-11-6-12-14(7-13(11)24-17)25-19-15(18-12)5-9-1-3-10(4-2-9)8-23-20(21)22/h1-4,6-7H,5,8,17H2,(H,18,19). The molecule has 0 unspecified atom stereocenters. The zero-order valence-electron chi connectivity index (χ0n) is 12.8. The summed E-state index contributed by atoms with van der Waals surface area (Å²) in [7, 11) is 0. The average Bonchev–Trinajstić information content (AvgIpc) is 2.60. The molecule has 7 nitrogen and oxygen atoms in total. The number of nitrogens with zero attached hydrogens (tertiary/aromatic N) is 2. The Balaban J connectivity index is 1.71. The predicted molar refractivity (Wildman–Crippen MR) is 99.5 cm³/mol. The molecule has 0 fully saturated rings. The van der Waals surface area contributed by atoms with E-state index in [4.69, 9.17) is 16.7 Å². The Bertz CT molecular complexity index is 830. The second kappa shape index (κ2) is 7.96. The maximum Gasteiger partial charge on any atom is 0.294 e. The normalized spacial score (nSPS) is 12.8. The SMILES string of the molecule is NSc1cc2c(cc1Cl)N=C(Cc1ccc(CO[N+](=O)[O-])cc1)NS2. The van der Waals surface area contributed by atoms with Crippen LogP contribution in [0.1, 0.15) is 11.1 Å². The summed E-state index contributed by atoms with van der Waals surface area (Å²) in [6.45, 7) is -0.0598. The van der Waals surface area contributed by atoms with E-state index >= 15 is 0 Å². The van der Waals surface area contributed by atoms with Crippen LogP contribution in [-0.4, -0.2) is 10.9 Å². The van der Waals surface area contributed by atoms with Crippen molar-refractivity contribution in [1.29, 1.82) is 0 Å². The number of hydrogen-bond donors (Lipinski definition) is 2. The number of fused-ring (bicyclic) bond motifs is 1. The van der Waals surface area contributed by atoms with Gasteiger partial charge in [-0.15, -0.1) is 10.1 Å². The molecular weight excluding hydrogens is 384 g/mol. The third kappa shape index (κ3) is 4.57. The Morgan fingerprint density at radius 2 is 2.04 bits per heavy atom. The largest absolute Gasteiger partial charge is 0.313 e. The van der Waals surface area contributed by atoms with Crippen LogP contribution in [0.2, 0.25) is 5.02 Å². The van der Waals surface area contributed by atoms with Gasteiger partial charge in [0.25, 0.3) is 5.09 Å². The van der Waals surface area contributed by atoms with Crippen molar-refractivity contribution in [2.45, 2.75) is 22.8 Å². The Kier molecular flexibility index (Phi) is 5.69. The zero-order chi connectivity index (χ0) is 17.8. The minimum atomic E-state index is -0.803. The first kappa shape index (κ1) is 17.9. The molecule has 0 saturated heterocycles. The minimum Gasteiger partial charge on any atom is -0.313 e. The Morgan fingerprint density at radius 1 is 1.32 bits per heavy atom. The van der Waals surface area contributed by atoms with E-state index in [2.05, 4.69) is 14.6 Å². The van der Waals surface area contributed by atoms with Crippen LogP contribution in [0.3, 0.4) is 0 Å². The van der Waals surface area contributed by atoms with Gasteiger partial charge in [0.05, 0.1) is 15.6 Å². The van der Waals surface area contributed by atoms with Crippen LogP contribution >= 0.6 is 35.5 Å². The number of amidine groups is 1. The van der Waals surface area contributed by atoms with E-state index in [-0.39, 0.29) is 6.61 Å². The second-order valence-corrected chi connectivity index (χ2v) is 7.05. The lowest BCUT2D eigenvalue weighted by molar-refractivity contribution is -0.763. The van der Waals surface area contributed by atoms with E-state index in [1.165, 1.54) is 11.9 Å². The van der Waals surface area contributed by atoms with Crippen molar-refractivity contribution in [3.8, 4) is 0 Å². The molecule has 130 valence electrons. The lowest BCUT2D eigenvalue weighted by Gasteiger charge is -2.18. The molecular formula is C15H13ClN4O3S2. The highest BCUT2D eigenvalue weighted by Crippen LogP contribution is 2.38. The van der Waals surface area contributed by atoms with Crippen LogP contribution in [0.4, 0.5) is 5.69 Å². The Hall–Kier alpha value is -1.94. The molecule has 1 aliphatic rings. The quantitative estimate of drug-likeness (QED) is 0.433. The number of hydrogen-bond acceptors (Lipinski definition) is 8. The minimum absolute atomic E-state index is 0.0598. The lowest BCUT2D eigenvalue weighted by Crippen LogP contribution is -2.21. The van der Waals surface area contributed by atoms with E-state index in [1.807, 2.05) is 18.2 Å². The molecule has 2 aromatic rings. The highest BCUT2D eigenvalue weighted by Gasteiger charge is 2.15. The van der Waals surface area contributed by atoms with Gasteiger partial charge in [0.2, 0.25) is 0 Å². The van der Waals surface area contributed by atoms with Gasteiger partial charge in [-0.2, -0.15) is 0 Å². The molecule has 3 rings (SSSR count). The zero-order valence-corrected chi connectivity index (χ0v) is 15.2. The third-order valence-electron chi connectivity index (χ3n) is 3.41. The molecule has 1 heterocycles. The van der Waals surface area contributed by atoms with Gasteiger partial charge < -0.3 is 9.56 Å². The van der Waals surface area contributed by atoms with Crippen LogP contribution in [-0.2, 0) is 17.9 Å². The highest BCUT2D eigenvalue weighted by molar-refractivity contribution is 7.98. The van der Waals surface area contributed by atoms with Crippen LogP contribution < -0.4 is 9.86 Å². The number of nitrogens with one attached hydrogen (secondary N) is 1. The monoisotopic (exact) mass is 396 g/mol. The lowest BCUT2D eigenvalue weighted by atomic mass is 10.1. The summed E-state index contributed by atoms with van der Waals surface area (Å²) >= 11 is 8.75. The van der Waals surface area contributed by atoms with Crippen LogP contribution in [0.5, 0.6) is 0 Å². The molecule has 0 aromatic heterocycles. The van der Waals surface area contributed by atoms with Crippen LogP contribution in [0, 0.1) is 10.1 Å². The van der Waals surface area contributed by atoms with Gasteiger partial charge >= 0.3 is 0 Å². The average molecular weight is 397 g/mol. The van der Waals surface area contributed by atoms with Crippen molar-refractivity contribution in [3.05, 3.63) is 62.7 Å². The maximum absolute atomic E-state index is 10.2. The van der Waals surface area contributed by atoms with Crippen molar-refractivity contribution >= 4 is 47.0 Å². The molecule has 0 atom stereocenters. The number of rotatable bonds is 6. The second-order valence-electron chi connectivity index (χ2n) is 5.12. The van der Waals surface area contributed by atoms with E-state index in [0.29, 0.717) is 11.4 Å². The first-order valence-corrected chi connectivity index (χ1v) is 9.18. The van der Waals surface area contributed by atoms with Crippen LogP contribution in [0.15, 0.2) is 51.2 Å². The van der Waals surface area contributed by atoms with E-state index in [9.17, 15) is 10.1 Å². The van der Waals surface area contributed by atoms with Gasteiger partial charge in [-0.1, -0.05) is 35.9 Å². The molecule has 0 bridgehead atoms. The van der Waals surface area contributed by atoms with Crippen molar-refractivity contribution in [3.63, 3.8) is 0 Å². The summed E-state index contributed by atoms with van der Waals surface area (Å²) in [6.07, 6.45) is 0.605. The molecule has 0 amide bonds. The van der Waals surface area contributed by atoms with E-state index in [1.54, 1.807) is 18.2 Å².